The van der Waals surface area contributed by atoms with Crippen LogP contribution in [0.4, 0.5) is 23.7 Å². The van der Waals surface area contributed by atoms with E-state index in [1.807, 2.05) is 13.8 Å². The SMILES string of the molecule is CC(C)CC(CO)NC(=O)Nc1cnn(CC(F)(F)F)c1. The molecule has 1 rings (SSSR count). The van der Waals surface area contributed by atoms with E-state index in [1.54, 1.807) is 0 Å². The highest BCUT2D eigenvalue weighted by Gasteiger charge is 2.28. The summed E-state index contributed by atoms with van der Waals surface area (Å²) in [5.41, 5.74) is 0.151. The summed E-state index contributed by atoms with van der Waals surface area (Å²) in [6.07, 6.45) is -1.56. The van der Waals surface area contributed by atoms with E-state index in [1.165, 1.54) is 0 Å². The molecule has 0 aromatic carbocycles. The second kappa shape index (κ2) is 7.30. The van der Waals surface area contributed by atoms with Gasteiger partial charge in [0, 0.05) is 6.20 Å². The number of aliphatic hydroxyl groups is 1. The molecule has 0 aliphatic rings. The van der Waals surface area contributed by atoms with Crippen LogP contribution in [0, 0.1) is 5.92 Å². The zero-order valence-electron chi connectivity index (χ0n) is 11.8. The number of amides is 2. The molecule has 120 valence electrons. The molecule has 0 aliphatic carbocycles. The Morgan fingerprint density at radius 2 is 2.14 bits per heavy atom. The molecule has 1 unspecified atom stereocenters. The number of nitrogens with zero attached hydrogens (tertiary/aromatic N) is 2. The first-order chi connectivity index (χ1) is 9.69. The van der Waals surface area contributed by atoms with Gasteiger partial charge in [-0.3, -0.25) is 4.68 Å². The number of alkyl halides is 3. The van der Waals surface area contributed by atoms with Crippen molar-refractivity contribution < 1.29 is 23.1 Å². The summed E-state index contributed by atoms with van der Waals surface area (Å²) in [6.45, 7) is 2.47. The van der Waals surface area contributed by atoms with Crippen molar-refractivity contribution >= 4 is 11.7 Å². The normalized spacial score (nSPS) is 13.3. The van der Waals surface area contributed by atoms with Crippen molar-refractivity contribution in [2.75, 3.05) is 11.9 Å². The van der Waals surface area contributed by atoms with Crippen LogP contribution in [-0.2, 0) is 6.54 Å². The number of hydrogen-bond donors (Lipinski definition) is 3. The van der Waals surface area contributed by atoms with Gasteiger partial charge in [-0.1, -0.05) is 13.8 Å². The summed E-state index contributed by atoms with van der Waals surface area (Å²) in [7, 11) is 0. The third-order valence-electron chi connectivity index (χ3n) is 2.54. The molecule has 0 saturated heterocycles. The fourth-order valence-corrected chi connectivity index (χ4v) is 1.80. The van der Waals surface area contributed by atoms with Gasteiger partial charge in [-0.2, -0.15) is 18.3 Å². The maximum absolute atomic E-state index is 12.2. The molecule has 2 amide bonds. The van der Waals surface area contributed by atoms with E-state index in [0.29, 0.717) is 11.1 Å². The van der Waals surface area contributed by atoms with Gasteiger partial charge < -0.3 is 15.7 Å². The lowest BCUT2D eigenvalue weighted by atomic mass is 10.0. The molecule has 1 aromatic rings. The van der Waals surface area contributed by atoms with Crippen molar-refractivity contribution in [2.24, 2.45) is 5.92 Å². The van der Waals surface area contributed by atoms with E-state index in [-0.39, 0.29) is 18.2 Å². The number of urea groups is 1. The monoisotopic (exact) mass is 308 g/mol. The molecule has 9 heteroatoms. The number of nitrogens with one attached hydrogen (secondary N) is 2. The Kier molecular flexibility index (Phi) is 6.01. The third kappa shape index (κ3) is 6.98. The van der Waals surface area contributed by atoms with Crippen molar-refractivity contribution in [1.82, 2.24) is 15.1 Å². The minimum Gasteiger partial charge on any atom is -0.394 e. The standard InChI is InChI=1S/C12H19F3N4O2/c1-8(2)3-9(6-20)17-11(21)18-10-4-16-19(5-10)7-12(13,14)15/h4-5,8-9,20H,3,6-7H2,1-2H3,(H2,17,18,21). The van der Waals surface area contributed by atoms with Crippen molar-refractivity contribution in [3.63, 3.8) is 0 Å². The Morgan fingerprint density at radius 3 is 2.67 bits per heavy atom. The summed E-state index contributed by atoms with van der Waals surface area (Å²) in [4.78, 5) is 11.7. The van der Waals surface area contributed by atoms with Crippen LogP contribution in [0.2, 0.25) is 0 Å². The molecule has 1 aromatic heterocycles. The van der Waals surface area contributed by atoms with E-state index >= 15 is 0 Å². The molecule has 0 aliphatic heterocycles. The van der Waals surface area contributed by atoms with E-state index in [9.17, 15) is 18.0 Å². The predicted octanol–water partition coefficient (Wildman–Crippen LogP) is 1.97. The second-order valence-corrected chi connectivity index (χ2v) is 5.15. The number of halogens is 3. The van der Waals surface area contributed by atoms with Gasteiger partial charge in [0.1, 0.15) is 6.54 Å². The largest absolute Gasteiger partial charge is 0.408 e. The van der Waals surface area contributed by atoms with E-state index in [4.69, 9.17) is 5.11 Å². The fraction of sp³-hybridized carbons (Fsp3) is 0.667. The Morgan fingerprint density at radius 1 is 1.48 bits per heavy atom. The molecule has 0 radical (unpaired) electrons. The average Bonchev–Trinajstić information content (AvgIpc) is 2.72. The minimum absolute atomic E-state index is 0.151. The number of carbonyl (C=O) groups is 1. The summed E-state index contributed by atoms with van der Waals surface area (Å²) < 4.78 is 37.2. The van der Waals surface area contributed by atoms with Crippen molar-refractivity contribution in [1.29, 1.82) is 0 Å². The maximum atomic E-state index is 12.2. The minimum atomic E-state index is -4.37. The van der Waals surface area contributed by atoms with Crippen LogP contribution >= 0.6 is 0 Å². The molecular formula is C12H19F3N4O2. The van der Waals surface area contributed by atoms with Crippen LogP contribution in [0.5, 0.6) is 0 Å². The average molecular weight is 308 g/mol. The van der Waals surface area contributed by atoms with Crippen molar-refractivity contribution in [3.8, 4) is 0 Å². The van der Waals surface area contributed by atoms with Gasteiger partial charge in [0.05, 0.1) is 24.5 Å². The fourth-order valence-electron chi connectivity index (χ4n) is 1.80. The lowest BCUT2D eigenvalue weighted by molar-refractivity contribution is -0.142. The van der Waals surface area contributed by atoms with Crippen LogP contribution in [-0.4, -0.2) is 39.7 Å². The summed E-state index contributed by atoms with van der Waals surface area (Å²) in [5, 5.41) is 17.6. The molecule has 0 fully saturated rings. The quantitative estimate of drug-likeness (QED) is 0.752. The number of aromatic nitrogens is 2. The number of carbonyl (C=O) groups excluding carboxylic acids is 1. The zero-order valence-corrected chi connectivity index (χ0v) is 11.8. The van der Waals surface area contributed by atoms with Crippen LogP contribution < -0.4 is 10.6 Å². The van der Waals surface area contributed by atoms with E-state index in [2.05, 4.69) is 15.7 Å². The highest BCUT2D eigenvalue weighted by molar-refractivity contribution is 5.89. The molecule has 1 heterocycles. The Balaban J connectivity index is 2.51. The molecular weight excluding hydrogens is 289 g/mol. The predicted molar refractivity (Wildman–Crippen MR) is 70.8 cm³/mol. The van der Waals surface area contributed by atoms with Gasteiger partial charge in [-0.15, -0.1) is 0 Å². The molecule has 0 saturated carbocycles. The molecule has 6 nitrogen and oxygen atoms in total. The summed E-state index contributed by atoms with van der Waals surface area (Å²) in [5.74, 6) is 0.289. The van der Waals surface area contributed by atoms with Gasteiger partial charge in [0.2, 0.25) is 0 Å². The van der Waals surface area contributed by atoms with Crippen LogP contribution in [0.1, 0.15) is 20.3 Å². The number of hydrogen-bond acceptors (Lipinski definition) is 3. The van der Waals surface area contributed by atoms with E-state index < -0.39 is 24.8 Å². The molecule has 1 atom stereocenters. The maximum Gasteiger partial charge on any atom is 0.408 e. The highest BCUT2D eigenvalue weighted by atomic mass is 19.4. The summed E-state index contributed by atoms with van der Waals surface area (Å²) in [6, 6.07) is -1.00. The Bertz CT molecular complexity index is 460. The van der Waals surface area contributed by atoms with Crippen LogP contribution in [0.25, 0.3) is 0 Å². The second-order valence-electron chi connectivity index (χ2n) is 5.15. The van der Waals surface area contributed by atoms with Crippen molar-refractivity contribution in [3.05, 3.63) is 12.4 Å². The lowest BCUT2D eigenvalue weighted by Gasteiger charge is -2.18. The zero-order chi connectivity index (χ0) is 16.0. The van der Waals surface area contributed by atoms with Gasteiger partial charge in [0.15, 0.2) is 0 Å². The van der Waals surface area contributed by atoms with E-state index in [0.717, 1.165) is 12.4 Å². The topological polar surface area (TPSA) is 79.2 Å². The third-order valence-corrected chi connectivity index (χ3v) is 2.54. The number of rotatable bonds is 6. The Hall–Kier alpha value is -1.77. The van der Waals surface area contributed by atoms with Crippen molar-refractivity contribution in [2.45, 2.75) is 39.0 Å². The first-order valence-corrected chi connectivity index (χ1v) is 6.47. The molecule has 0 bridgehead atoms. The number of anilines is 1. The number of aliphatic hydroxyl groups excluding tert-OH is 1. The first kappa shape index (κ1) is 17.3. The molecule has 3 N–H and O–H groups in total. The van der Waals surface area contributed by atoms with Gasteiger partial charge in [-0.25, -0.2) is 4.79 Å². The van der Waals surface area contributed by atoms with Crippen LogP contribution in [0.15, 0.2) is 12.4 Å². The molecule has 21 heavy (non-hydrogen) atoms. The smallest absolute Gasteiger partial charge is 0.394 e. The van der Waals surface area contributed by atoms with Gasteiger partial charge in [-0.05, 0) is 12.3 Å². The van der Waals surface area contributed by atoms with Gasteiger partial charge in [0.25, 0.3) is 0 Å². The molecule has 0 spiro atoms. The summed E-state index contributed by atoms with van der Waals surface area (Å²) >= 11 is 0. The first-order valence-electron chi connectivity index (χ1n) is 6.47. The Labute approximate surface area is 120 Å². The van der Waals surface area contributed by atoms with Crippen LogP contribution in [0.3, 0.4) is 0 Å². The lowest BCUT2D eigenvalue weighted by Crippen LogP contribution is -2.40. The highest BCUT2D eigenvalue weighted by Crippen LogP contribution is 2.18. The van der Waals surface area contributed by atoms with Gasteiger partial charge >= 0.3 is 12.2 Å².